The highest BCUT2D eigenvalue weighted by Crippen LogP contribution is 2.32. The molecule has 1 aromatic carbocycles. The topological polar surface area (TPSA) is 35.8 Å². The van der Waals surface area contributed by atoms with E-state index in [2.05, 4.69) is 27.3 Å². The number of halogens is 1. The molecular weight excluding hydrogens is 284 g/mol. The first-order valence-electron chi connectivity index (χ1n) is 5.27. The summed E-state index contributed by atoms with van der Waals surface area (Å²) in [7, 11) is 0. The Labute approximate surface area is 109 Å². The molecule has 1 aromatic rings. The second-order valence-corrected chi connectivity index (χ2v) is 5.91. The molecule has 0 saturated carbocycles. The van der Waals surface area contributed by atoms with E-state index in [1.165, 1.54) is 5.75 Å². The second kappa shape index (κ2) is 5.11. The molecule has 1 aliphatic rings. The molecule has 1 atom stereocenters. The molecule has 1 heterocycles. The van der Waals surface area contributed by atoms with Crippen LogP contribution in [0.5, 0.6) is 0 Å². The van der Waals surface area contributed by atoms with Gasteiger partial charge in [-0.05, 0) is 46.7 Å². The zero-order valence-corrected chi connectivity index (χ0v) is 11.3. The molecule has 2 rings (SSSR count). The Morgan fingerprint density at radius 2 is 2.25 bits per heavy atom. The maximum atomic E-state index is 9.35. The maximum absolute atomic E-state index is 9.35. The van der Waals surface area contributed by atoms with Crippen LogP contribution in [0.25, 0.3) is 0 Å². The molecule has 0 aliphatic carbocycles. The minimum absolute atomic E-state index is 0.396. The molecule has 0 aromatic heterocycles. The summed E-state index contributed by atoms with van der Waals surface area (Å²) in [5.41, 5.74) is 0.610. The molecule has 0 radical (unpaired) electrons. The zero-order chi connectivity index (χ0) is 11.4. The van der Waals surface area contributed by atoms with Crippen LogP contribution in [0.15, 0.2) is 28.7 Å². The zero-order valence-electron chi connectivity index (χ0n) is 8.87. The molecule has 1 N–H and O–H groups in total. The predicted octanol–water partition coefficient (Wildman–Crippen LogP) is 3.65. The number of thioether (sulfide) groups is 1. The summed E-state index contributed by atoms with van der Waals surface area (Å²) in [4.78, 5) is 0. The summed E-state index contributed by atoms with van der Waals surface area (Å²) in [5, 5.41) is 12.7. The average molecular weight is 297 g/mol. The minimum Gasteiger partial charge on any atom is -0.366 e. The first kappa shape index (κ1) is 11.8. The van der Waals surface area contributed by atoms with Crippen molar-refractivity contribution in [1.82, 2.24) is 0 Å². The number of hydrogen-bond acceptors (Lipinski definition) is 3. The molecule has 16 heavy (non-hydrogen) atoms. The van der Waals surface area contributed by atoms with Crippen molar-refractivity contribution in [2.75, 3.05) is 16.8 Å². The third-order valence-corrected chi connectivity index (χ3v) is 4.67. The van der Waals surface area contributed by atoms with E-state index in [4.69, 9.17) is 0 Å². The summed E-state index contributed by atoms with van der Waals surface area (Å²) in [5.74, 6) is 2.03. The molecule has 1 aliphatic heterocycles. The lowest BCUT2D eigenvalue weighted by molar-refractivity contribution is 0.576. The van der Waals surface area contributed by atoms with Gasteiger partial charge in [-0.15, -0.1) is 0 Å². The fraction of sp³-hybridized carbons (Fsp3) is 0.417. The monoisotopic (exact) mass is 296 g/mol. The van der Waals surface area contributed by atoms with Gasteiger partial charge in [0.1, 0.15) is 5.54 Å². The Morgan fingerprint density at radius 3 is 2.88 bits per heavy atom. The van der Waals surface area contributed by atoms with Gasteiger partial charge in [-0.2, -0.15) is 17.0 Å². The average Bonchev–Trinajstić information content (AvgIpc) is 2.33. The number of anilines is 1. The van der Waals surface area contributed by atoms with Crippen LogP contribution < -0.4 is 5.32 Å². The quantitative estimate of drug-likeness (QED) is 0.905. The second-order valence-electron chi connectivity index (χ2n) is 3.95. The van der Waals surface area contributed by atoms with E-state index < -0.39 is 5.54 Å². The molecule has 0 amide bonds. The van der Waals surface area contributed by atoms with E-state index in [1.54, 1.807) is 0 Å². The lowest BCUT2D eigenvalue weighted by atomic mass is 9.97. The number of para-hydroxylation sites is 1. The molecular formula is C12H13BrN2S. The third-order valence-electron chi connectivity index (χ3n) is 2.70. The Balaban J connectivity index is 2.19. The van der Waals surface area contributed by atoms with Gasteiger partial charge in [-0.1, -0.05) is 12.1 Å². The lowest BCUT2D eigenvalue weighted by Gasteiger charge is -2.32. The number of hydrogen-bond donors (Lipinski definition) is 1. The molecule has 0 bridgehead atoms. The van der Waals surface area contributed by atoms with Crippen molar-refractivity contribution in [1.29, 1.82) is 5.26 Å². The fourth-order valence-corrected chi connectivity index (χ4v) is 3.34. The van der Waals surface area contributed by atoms with Crippen molar-refractivity contribution in [3.05, 3.63) is 28.7 Å². The van der Waals surface area contributed by atoms with Gasteiger partial charge in [0.15, 0.2) is 0 Å². The standard InChI is InChI=1S/C12H13BrN2S/c13-10-4-1-2-5-11(10)15-12(8-14)6-3-7-16-9-12/h1-2,4-5,15H,3,6-7,9H2. The van der Waals surface area contributed by atoms with Gasteiger partial charge < -0.3 is 5.32 Å². The van der Waals surface area contributed by atoms with Gasteiger partial charge in [-0.25, -0.2) is 0 Å². The number of nitriles is 1. The summed E-state index contributed by atoms with van der Waals surface area (Å²) < 4.78 is 1.01. The van der Waals surface area contributed by atoms with Crippen molar-refractivity contribution in [3.8, 4) is 6.07 Å². The summed E-state index contributed by atoms with van der Waals surface area (Å²) in [6, 6.07) is 10.4. The van der Waals surface area contributed by atoms with Crippen LogP contribution in [0.1, 0.15) is 12.8 Å². The predicted molar refractivity (Wildman–Crippen MR) is 72.7 cm³/mol. The van der Waals surface area contributed by atoms with Crippen LogP contribution in [0, 0.1) is 11.3 Å². The van der Waals surface area contributed by atoms with Gasteiger partial charge in [0.25, 0.3) is 0 Å². The van der Waals surface area contributed by atoms with E-state index in [0.29, 0.717) is 0 Å². The highest BCUT2D eigenvalue weighted by Gasteiger charge is 2.32. The number of nitrogens with one attached hydrogen (secondary N) is 1. The normalized spacial score (nSPS) is 24.8. The highest BCUT2D eigenvalue weighted by atomic mass is 79.9. The van der Waals surface area contributed by atoms with Gasteiger partial charge in [0.2, 0.25) is 0 Å². The van der Waals surface area contributed by atoms with Crippen LogP contribution in [0.2, 0.25) is 0 Å². The third kappa shape index (κ3) is 2.53. The Kier molecular flexibility index (Phi) is 3.78. The number of nitrogens with zero attached hydrogens (tertiary/aromatic N) is 1. The van der Waals surface area contributed by atoms with Gasteiger partial charge >= 0.3 is 0 Å². The summed E-state index contributed by atoms with van der Waals surface area (Å²) >= 11 is 5.35. The van der Waals surface area contributed by atoms with Crippen molar-refractivity contribution in [3.63, 3.8) is 0 Å². The molecule has 1 saturated heterocycles. The van der Waals surface area contributed by atoms with Crippen molar-refractivity contribution >= 4 is 33.4 Å². The Bertz CT molecular complexity index is 408. The molecule has 2 nitrogen and oxygen atoms in total. The van der Waals surface area contributed by atoms with Crippen molar-refractivity contribution in [2.24, 2.45) is 0 Å². The van der Waals surface area contributed by atoms with E-state index >= 15 is 0 Å². The van der Waals surface area contributed by atoms with Crippen molar-refractivity contribution < 1.29 is 0 Å². The lowest BCUT2D eigenvalue weighted by Crippen LogP contribution is -2.41. The fourth-order valence-electron chi connectivity index (χ4n) is 1.83. The first-order valence-corrected chi connectivity index (χ1v) is 7.22. The summed E-state index contributed by atoms with van der Waals surface area (Å²) in [6.07, 6.45) is 2.04. The largest absolute Gasteiger partial charge is 0.366 e. The molecule has 4 heteroatoms. The first-order chi connectivity index (χ1) is 7.76. The Morgan fingerprint density at radius 1 is 1.44 bits per heavy atom. The molecule has 1 unspecified atom stereocenters. The van der Waals surface area contributed by atoms with Crippen LogP contribution in [-0.2, 0) is 0 Å². The van der Waals surface area contributed by atoms with Crippen molar-refractivity contribution in [2.45, 2.75) is 18.4 Å². The number of rotatable bonds is 2. The maximum Gasteiger partial charge on any atom is 0.134 e. The van der Waals surface area contributed by atoms with Crippen LogP contribution in [0.4, 0.5) is 5.69 Å². The smallest absolute Gasteiger partial charge is 0.134 e. The van der Waals surface area contributed by atoms with Gasteiger partial charge in [0, 0.05) is 15.9 Å². The molecule has 0 spiro atoms. The highest BCUT2D eigenvalue weighted by molar-refractivity contribution is 9.10. The van der Waals surface area contributed by atoms with Crippen LogP contribution in [0.3, 0.4) is 0 Å². The molecule has 84 valence electrons. The van der Waals surface area contributed by atoms with Gasteiger partial charge in [-0.3, -0.25) is 0 Å². The van der Waals surface area contributed by atoms with E-state index in [9.17, 15) is 5.26 Å². The van der Waals surface area contributed by atoms with Gasteiger partial charge in [0.05, 0.1) is 6.07 Å². The summed E-state index contributed by atoms with van der Waals surface area (Å²) in [6.45, 7) is 0. The minimum atomic E-state index is -0.396. The van der Waals surface area contributed by atoms with E-state index in [0.717, 1.165) is 28.8 Å². The van der Waals surface area contributed by atoms with E-state index in [-0.39, 0.29) is 0 Å². The molecule has 1 fully saturated rings. The van der Waals surface area contributed by atoms with Crippen LogP contribution >= 0.6 is 27.7 Å². The number of benzene rings is 1. The Hall–Kier alpha value is -0.660. The van der Waals surface area contributed by atoms with Crippen LogP contribution in [-0.4, -0.2) is 17.0 Å². The van der Waals surface area contributed by atoms with E-state index in [1.807, 2.05) is 36.0 Å². The SMILES string of the molecule is N#CC1(Nc2ccccc2Br)CCCSC1.